The van der Waals surface area contributed by atoms with Crippen LogP contribution in [0, 0.1) is 0 Å². The summed E-state index contributed by atoms with van der Waals surface area (Å²) >= 11 is 0. The summed E-state index contributed by atoms with van der Waals surface area (Å²) in [7, 11) is 1.38. The van der Waals surface area contributed by atoms with Crippen LogP contribution in [0.3, 0.4) is 0 Å². The van der Waals surface area contributed by atoms with Crippen LogP contribution < -0.4 is 10.1 Å². The first-order valence-corrected chi connectivity index (χ1v) is 10.0. The number of nitrogens with one attached hydrogen (secondary N) is 1. The number of ether oxygens (including phenoxy) is 1. The number of aliphatic hydroxyl groups excluding tert-OH is 1. The fraction of sp³-hybridized carbons (Fsp3) is 0.261. The van der Waals surface area contributed by atoms with Gasteiger partial charge in [0.15, 0.2) is 0 Å². The Hall–Kier alpha value is -3.79. The molecule has 0 radical (unpaired) electrons. The maximum Gasteiger partial charge on any atom is 0.335 e. The average molecular weight is 459 g/mol. The standard InChI is InChI=1S/C23H23F2N3O5/c1-12(14-7-9-15(10-8-14)23(31)32)26-21(30)18-19(20(24)25)27-28(3)22(18)33-17-6-4-5-16(11-17)13(2)29/h4-13,20,29H,1-3H3,(H,26,30)(H,31,32). The number of rotatable bonds is 8. The van der Waals surface area contributed by atoms with Crippen molar-refractivity contribution in [3.63, 3.8) is 0 Å². The Bertz CT molecular complexity index is 1160. The summed E-state index contributed by atoms with van der Waals surface area (Å²) in [5.74, 6) is -1.85. The lowest BCUT2D eigenvalue weighted by Crippen LogP contribution is -2.27. The molecule has 2 aromatic carbocycles. The number of carbonyl (C=O) groups is 2. The van der Waals surface area contributed by atoms with E-state index in [-0.39, 0.29) is 17.2 Å². The van der Waals surface area contributed by atoms with Gasteiger partial charge < -0.3 is 20.3 Å². The highest BCUT2D eigenvalue weighted by molar-refractivity contribution is 5.98. The smallest absolute Gasteiger partial charge is 0.335 e. The number of hydrogen-bond acceptors (Lipinski definition) is 5. The molecule has 0 aliphatic rings. The number of halogens is 2. The van der Waals surface area contributed by atoms with Gasteiger partial charge in [-0.3, -0.25) is 4.79 Å². The number of carboxylic acid groups (broad SMARTS) is 1. The molecule has 0 saturated carbocycles. The second-order valence-corrected chi connectivity index (χ2v) is 7.46. The molecular formula is C23H23F2N3O5. The van der Waals surface area contributed by atoms with Crippen LogP contribution in [0.15, 0.2) is 48.5 Å². The molecule has 0 bridgehead atoms. The Morgan fingerprint density at radius 2 is 1.76 bits per heavy atom. The molecule has 1 amide bonds. The highest BCUT2D eigenvalue weighted by Crippen LogP contribution is 2.33. The molecule has 0 aliphatic heterocycles. The summed E-state index contributed by atoms with van der Waals surface area (Å²) in [6.07, 6.45) is -3.80. The van der Waals surface area contributed by atoms with Crippen molar-refractivity contribution < 1.29 is 33.3 Å². The van der Waals surface area contributed by atoms with Crippen LogP contribution in [0.1, 0.15) is 70.0 Å². The van der Waals surface area contributed by atoms with Gasteiger partial charge in [0.2, 0.25) is 5.88 Å². The van der Waals surface area contributed by atoms with Crippen molar-refractivity contribution in [1.82, 2.24) is 15.1 Å². The Kier molecular flexibility index (Phi) is 7.07. The van der Waals surface area contributed by atoms with Gasteiger partial charge in [-0.25, -0.2) is 18.3 Å². The maximum atomic E-state index is 13.7. The maximum absolute atomic E-state index is 13.7. The Labute approximate surface area is 188 Å². The summed E-state index contributed by atoms with van der Waals surface area (Å²) in [6, 6.07) is 11.6. The third-order valence-corrected chi connectivity index (χ3v) is 5.02. The number of hydrogen-bond donors (Lipinski definition) is 3. The monoisotopic (exact) mass is 459 g/mol. The molecule has 174 valence electrons. The van der Waals surface area contributed by atoms with Gasteiger partial charge in [0.25, 0.3) is 12.3 Å². The van der Waals surface area contributed by atoms with E-state index in [2.05, 4.69) is 10.4 Å². The second-order valence-electron chi connectivity index (χ2n) is 7.46. The number of aliphatic hydroxyl groups is 1. The van der Waals surface area contributed by atoms with Crippen molar-refractivity contribution >= 4 is 11.9 Å². The zero-order valence-electron chi connectivity index (χ0n) is 18.1. The fourth-order valence-electron chi connectivity index (χ4n) is 3.23. The van der Waals surface area contributed by atoms with Gasteiger partial charge in [0.05, 0.1) is 17.7 Å². The predicted molar refractivity (Wildman–Crippen MR) is 115 cm³/mol. The van der Waals surface area contributed by atoms with Gasteiger partial charge in [-0.05, 0) is 49.2 Å². The molecule has 2 unspecified atom stereocenters. The van der Waals surface area contributed by atoms with Crippen LogP contribution >= 0.6 is 0 Å². The minimum atomic E-state index is -3.02. The summed E-state index contributed by atoms with van der Waals surface area (Å²) in [5.41, 5.74) is 0.0739. The van der Waals surface area contributed by atoms with Crippen LogP contribution in [0.2, 0.25) is 0 Å². The van der Waals surface area contributed by atoms with E-state index >= 15 is 0 Å². The summed E-state index contributed by atoms with van der Waals surface area (Å²) in [4.78, 5) is 24.0. The van der Waals surface area contributed by atoms with Crippen LogP contribution in [0.5, 0.6) is 11.6 Å². The number of aromatic carboxylic acids is 1. The molecule has 33 heavy (non-hydrogen) atoms. The summed E-state index contributed by atoms with van der Waals surface area (Å²) < 4.78 is 34.1. The third-order valence-electron chi connectivity index (χ3n) is 5.02. The molecule has 0 spiro atoms. The highest BCUT2D eigenvalue weighted by Gasteiger charge is 2.30. The SMILES string of the molecule is CC(O)c1cccc(Oc2c(C(=O)NC(C)c3ccc(C(=O)O)cc3)c(C(F)F)nn2C)c1. The number of aromatic nitrogens is 2. The van der Waals surface area contributed by atoms with Gasteiger partial charge in [-0.15, -0.1) is 0 Å². The molecule has 2 atom stereocenters. The molecule has 3 aromatic rings. The van der Waals surface area contributed by atoms with Crippen LogP contribution in [-0.4, -0.2) is 31.9 Å². The Balaban J connectivity index is 1.91. The number of amides is 1. The first-order valence-electron chi connectivity index (χ1n) is 10.0. The minimum absolute atomic E-state index is 0.0830. The molecule has 3 rings (SSSR count). The second kappa shape index (κ2) is 9.78. The Morgan fingerprint density at radius 3 is 2.33 bits per heavy atom. The zero-order chi connectivity index (χ0) is 24.3. The average Bonchev–Trinajstić information content (AvgIpc) is 3.10. The van der Waals surface area contributed by atoms with E-state index in [1.165, 1.54) is 37.4 Å². The minimum Gasteiger partial charge on any atom is -0.478 e. The molecule has 0 fully saturated rings. The molecule has 1 heterocycles. The lowest BCUT2D eigenvalue weighted by Gasteiger charge is -2.16. The lowest BCUT2D eigenvalue weighted by atomic mass is 10.1. The van der Waals surface area contributed by atoms with Crippen molar-refractivity contribution in [2.24, 2.45) is 7.05 Å². The van der Waals surface area contributed by atoms with Gasteiger partial charge in [-0.1, -0.05) is 24.3 Å². The van der Waals surface area contributed by atoms with E-state index in [1.807, 2.05) is 0 Å². The first kappa shape index (κ1) is 23.9. The number of carbonyl (C=O) groups excluding carboxylic acids is 1. The van der Waals surface area contributed by atoms with Crippen molar-refractivity contribution in [2.75, 3.05) is 0 Å². The normalized spacial score (nSPS) is 12.9. The van der Waals surface area contributed by atoms with E-state index in [9.17, 15) is 23.5 Å². The topological polar surface area (TPSA) is 114 Å². The van der Waals surface area contributed by atoms with E-state index < -0.39 is 41.7 Å². The summed E-state index contributed by atoms with van der Waals surface area (Å²) in [6.45, 7) is 3.21. The molecule has 0 saturated heterocycles. The lowest BCUT2D eigenvalue weighted by molar-refractivity contribution is 0.0696. The number of aryl methyl sites for hydroxylation is 1. The molecule has 1 aromatic heterocycles. The molecule has 0 aliphatic carbocycles. The van der Waals surface area contributed by atoms with Crippen molar-refractivity contribution in [2.45, 2.75) is 32.4 Å². The molecule has 3 N–H and O–H groups in total. The van der Waals surface area contributed by atoms with Gasteiger partial charge in [0, 0.05) is 7.05 Å². The number of nitrogens with zero attached hydrogens (tertiary/aromatic N) is 2. The van der Waals surface area contributed by atoms with Crippen LogP contribution in [-0.2, 0) is 7.05 Å². The van der Waals surface area contributed by atoms with E-state index in [4.69, 9.17) is 9.84 Å². The molecule has 10 heteroatoms. The largest absolute Gasteiger partial charge is 0.478 e. The molecule has 8 nitrogen and oxygen atoms in total. The van der Waals surface area contributed by atoms with Crippen LogP contribution in [0.4, 0.5) is 8.78 Å². The quantitative estimate of drug-likeness (QED) is 0.460. The Morgan fingerprint density at radius 1 is 1.09 bits per heavy atom. The number of benzene rings is 2. The van der Waals surface area contributed by atoms with E-state index in [1.54, 1.807) is 32.0 Å². The van der Waals surface area contributed by atoms with E-state index in [0.717, 1.165) is 4.68 Å². The van der Waals surface area contributed by atoms with E-state index in [0.29, 0.717) is 11.1 Å². The van der Waals surface area contributed by atoms with Gasteiger partial charge in [0.1, 0.15) is 17.0 Å². The van der Waals surface area contributed by atoms with Crippen molar-refractivity contribution in [1.29, 1.82) is 0 Å². The predicted octanol–water partition coefficient (Wildman–Crippen LogP) is 4.39. The van der Waals surface area contributed by atoms with Crippen molar-refractivity contribution in [3.05, 3.63) is 76.5 Å². The first-order chi connectivity index (χ1) is 15.6. The number of alkyl halides is 2. The summed E-state index contributed by atoms with van der Waals surface area (Å²) in [5, 5.41) is 25.2. The fourth-order valence-corrected chi connectivity index (χ4v) is 3.23. The van der Waals surface area contributed by atoms with Gasteiger partial charge in [-0.2, -0.15) is 5.10 Å². The third kappa shape index (κ3) is 5.35. The van der Waals surface area contributed by atoms with Crippen molar-refractivity contribution in [3.8, 4) is 11.6 Å². The zero-order valence-corrected chi connectivity index (χ0v) is 18.1. The molecular weight excluding hydrogens is 436 g/mol. The number of carboxylic acids is 1. The van der Waals surface area contributed by atoms with Crippen LogP contribution in [0.25, 0.3) is 0 Å². The highest BCUT2D eigenvalue weighted by atomic mass is 19.3. The van der Waals surface area contributed by atoms with Gasteiger partial charge >= 0.3 is 5.97 Å².